The van der Waals surface area contributed by atoms with Gasteiger partial charge in [-0.25, -0.2) is 9.97 Å². The number of halogens is 2. The van der Waals surface area contributed by atoms with Gasteiger partial charge in [0, 0.05) is 24.8 Å². The van der Waals surface area contributed by atoms with Crippen LogP contribution in [0.4, 0.5) is 5.82 Å². The van der Waals surface area contributed by atoms with Crippen LogP contribution in [0.25, 0.3) is 0 Å². The monoisotopic (exact) mass is 337 g/mol. The average Bonchev–Trinajstić information content (AvgIpc) is 2.57. The Bertz CT molecular complexity index is 666. The Morgan fingerprint density at radius 2 is 2.09 bits per heavy atom. The lowest BCUT2D eigenvalue weighted by molar-refractivity contribution is 0.0395. The minimum Gasteiger partial charge on any atom is -0.370 e. The van der Waals surface area contributed by atoms with E-state index in [1.807, 2.05) is 18.2 Å². The van der Waals surface area contributed by atoms with Gasteiger partial charge in [-0.2, -0.15) is 0 Å². The molecule has 1 aliphatic heterocycles. The van der Waals surface area contributed by atoms with E-state index in [0.717, 1.165) is 36.6 Å². The van der Waals surface area contributed by atoms with Gasteiger partial charge in [-0.1, -0.05) is 36.2 Å². The molecule has 1 aliphatic rings. The van der Waals surface area contributed by atoms with Gasteiger partial charge in [-0.3, -0.25) is 0 Å². The van der Waals surface area contributed by atoms with Gasteiger partial charge in [0.25, 0.3) is 0 Å². The van der Waals surface area contributed by atoms with E-state index in [-0.39, 0.29) is 6.10 Å². The molecule has 2 heterocycles. The fourth-order valence-electron chi connectivity index (χ4n) is 2.52. The molecule has 0 aliphatic carbocycles. The van der Waals surface area contributed by atoms with Crippen LogP contribution in [0.2, 0.25) is 10.0 Å². The first-order chi connectivity index (χ1) is 10.7. The Balaban J connectivity index is 1.80. The Kier molecular flexibility index (Phi) is 4.81. The average molecular weight is 338 g/mol. The van der Waals surface area contributed by atoms with Gasteiger partial charge in [-0.15, -0.1) is 0 Å². The Labute approximate surface area is 140 Å². The number of aryl methyl sites for hydroxylation is 1. The second-order valence-corrected chi connectivity index (χ2v) is 6.01. The summed E-state index contributed by atoms with van der Waals surface area (Å²) in [6, 6.07) is 7.67. The third-order valence-corrected chi connectivity index (χ3v) is 4.52. The lowest BCUT2D eigenvalue weighted by Crippen LogP contribution is -2.39. The first-order valence-corrected chi connectivity index (χ1v) is 8.05. The Morgan fingerprint density at radius 1 is 1.23 bits per heavy atom. The number of nitrogens with zero attached hydrogens (tertiary/aromatic N) is 3. The van der Waals surface area contributed by atoms with Gasteiger partial charge in [0.15, 0.2) is 0 Å². The van der Waals surface area contributed by atoms with Crippen molar-refractivity contribution in [3.8, 4) is 0 Å². The van der Waals surface area contributed by atoms with Gasteiger partial charge in [0.05, 0.1) is 16.7 Å². The van der Waals surface area contributed by atoms with Gasteiger partial charge < -0.3 is 9.64 Å². The summed E-state index contributed by atoms with van der Waals surface area (Å²) in [6.45, 7) is 4.29. The maximum absolute atomic E-state index is 6.10. The van der Waals surface area contributed by atoms with E-state index in [1.54, 1.807) is 12.4 Å². The molecule has 3 rings (SSSR count). The minimum atomic E-state index is -0.0384. The fourth-order valence-corrected chi connectivity index (χ4v) is 2.83. The van der Waals surface area contributed by atoms with Crippen LogP contribution in [-0.4, -0.2) is 29.7 Å². The molecule has 2 aromatic rings. The number of hydrogen-bond donors (Lipinski definition) is 0. The highest BCUT2D eigenvalue weighted by molar-refractivity contribution is 6.42. The summed E-state index contributed by atoms with van der Waals surface area (Å²) < 4.78 is 5.88. The van der Waals surface area contributed by atoms with Crippen molar-refractivity contribution in [3.05, 3.63) is 51.9 Å². The number of benzene rings is 1. The molecular weight excluding hydrogens is 321 g/mol. The highest BCUT2D eigenvalue weighted by atomic mass is 35.5. The second kappa shape index (κ2) is 6.82. The maximum Gasteiger partial charge on any atom is 0.132 e. The first-order valence-electron chi connectivity index (χ1n) is 7.29. The Morgan fingerprint density at radius 3 is 2.86 bits per heavy atom. The molecule has 0 N–H and O–H groups in total. The van der Waals surface area contributed by atoms with Crippen molar-refractivity contribution < 1.29 is 4.74 Å². The first kappa shape index (κ1) is 15.5. The maximum atomic E-state index is 6.10. The van der Waals surface area contributed by atoms with Crippen LogP contribution in [0.15, 0.2) is 30.6 Å². The van der Waals surface area contributed by atoms with E-state index >= 15 is 0 Å². The van der Waals surface area contributed by atoms with Crippen LogP contribution in [0, 0.1) is 0 Å². The summed E-state index contributed by atoms with van der Waals surface area (Å²) >= 11 is 12.1. The molecule has 1 unspecified atom stereocenters. The smallest absolute Gasteiger partial charge is 0.132 e. The lowest BCUT2D eigenvalue weighted by Gasteiger charge is -2.34. The number of morpholine rings is 1. The molecule has 0 radical (unpaired) electrons. The molecule has 4 nitrogen and oxygen atoms in total. The third-order valence-electron chi connectivity index (χ3n) is 3.78. The normalized spacial score (nSPS) is 18.5. The van der Waals surface area contributed by atoms with Crippen LogP contribution in [0.3, 0.4) is 0 Å². The van der Waals surface area contributed by atoms with Crippen LogP contribution < -0.4 is 4.90 Å². The number of ether oxygens (including phenoxy) is 1. The van der Waals surface area contributed by atoms with E-state index < -0.39 is 0 Å². The zero-order valence-electron chi connectivity index (χ0n) is 12.3. The van der Waals surface area contributed by atoms with E-state index in [2.05, 4.69) is 21.8 Å². The largest absolute Gasteiger partial charge is 0.370 e. The molecule has 1 fully saturated rings. The third kappa shape index (κ3) is 3.35. The highest BCUT2D eigenvalue weighted by Crippen LogP contribution is 2.30. The van der Waals surface area contributed by atoms with Gasteiger partial charge in [0.1, 0.15) is 18.2 Å². The lowest BCUT2D eigenvalue weighted by atomic mass is 10.1. The molecule has 0 saturated carbocycles. The number of hydrogen-bond acceptors (Lipinski definition) is 4. The van der Waals surface area contributed by atoms with Crippen LogP contribution in [0.5, 0.6) is 0 Å². The SMILES string of the molecule is CCc1cc(N2CCOC(c3ccc(Cl)c(Cl)c3)C2)ncn1. The van der Waals surface area contributed by atoms with E-state index in [9.17, 15) is 0 Å². The molecule has 0 bridgehead atoms. The summed E-state index contributed by atoms with van der Waals surface area (Å²) in [7, 11) is 0. The van der Waals surface area contributed by atoms with E-state index in [1.165, 1.54) is 0 Å². The minimum absolute atomic E-state index is 0.0384. The van der Waals surface area contributed by atoms with E-state index in [4.69, 9.17) is 27.9 Å². The summed E-state index contributed by atoms with van der Waals surface area (Å²) in [5.41, 5.74) is 2.08. The van der Waals surface area contributed by atoms with Gasteiger partial charge in [-0.05, 0) is 24.1 Å². The molecule has 1 aromatic heterocycles. The topological polar surface area (TPSA) is 38.2 Å². The standard InChI is InChI=1S/C16H17Cl2N3O/c1-2-12-8-16(20-10-19-12)21-5-6-22-15(9-21)11-3-4-13(17)14(18)7-11/h3-4,7-8,10,15H,2,5-6,9H2,1H3. The summed E-state index contributed by atoms with van der Waals surface area (Å²) in [5.74, 6) is 0.945. The predicted octanol–water partition coefficient (Wildman–Crippen LogP) is 3.92. The van der Waals surface area contributed by atoms with Gasteiger partial charge in [0.2, 0.25) is 0 Å². The summed E-state index contributed by atoms with van der Waals surface area (Å²) in [5, 5.41) is 1.11. The van der Waals surface area contributed by atoms with Crippen molar-refractivity contribution in [1.29, 1.82) is 0 Å². The van der Waals surface area contributed by atoms with Crippen LogP contribution in [-0.2, 0) is 11.2 Å². The van der Waals surface area contributed by atoms with Crippen molar-refractivity contribution in [2.75, 3.05) is 24.6 Å². The molecule has 22 heavy (non-hydrogen) atoms. The number of anilines is 1. The molecule has 0 spiro atoms. The van der Waals surface area contributed by atoms with Crippen molar-refractivity contribution in [2.45, 2.75) is 19.4 Å². The van der Waals surface area contributed by atoms with E-state index in [0.29, 0.717) is 16.7 Å². The van der Waals surface area contributed by atoms with Crippen molar-refractivity contribution in [3.63, 3.8) is 0 Å². The molecular formula is C16H17Cl2N3O. The zero-order valence-corrected chi connectivity index (χ0v) is 13.8. The molecule has 1 atom stereocenters. The molecule has 1 aromatic carbocycles. The highest BCUT2D eigenvalue weighted by Gasteiger charge is 2.23. The predicted molar refractivity (Wildman–Crippen MR) is 88.8 cm³/mol. The molecule has 1 saturated heterocycles. The number of rotatable bonds is 3. The zero-order chi connectivity index (χ0) is 15.5. The molecule has 116 valence electrons. The quantitative estimate of drug-likeness (QED) is 0.850. The van der Waals surface area contributed by atoms with Crippen molar-refractivity contribution in [2.24, 2.45) is 0 Å². The fraction of sp³-hybridized carbons (Fsp3) is 0.375. The number of aromatic nitrogens is 2. The van der Waals surface area contributed by atoms with Crippen LogP contribution in [0.1, 0.15) is 24.3 Å². The summed E-state index contributed by atoms with van der Waals surface area (Å²) in [4.78, 5) is 10.9. The molecule has 6 heteroatoms. The Hall–Kier alpha value is -1.36. The van der Waals surface area contributed by atoms with Crippen molar-refractivity contribution in [1.82, 2.24) is 9.97 Å². The van der Waals surface area contributed by atoms with Crippen molar-refractivity contribution >= 4 is 29.0 Å². The van der Waals surface area contributed by atoms with Crippen LogP contribution >= 0.6 is 23.2 Å². The van der Waals surface area contributed by atoms with Gasteiger partial charge >= 0.3 is 0 Å². The summed E-state index contributed by atoms with van der Waals surface area (Å²) in [6.07, 6.45) is 2.48. The molecule has 0 amide bonds. The second-order valence-electron chi connectivity index (χ2n) is 5.20.